The molecule has 1 aliphatic carbocycles. The smallest absolute Gasteiger partial charge is 0.550 e. The van der Waals surface area contributed by atoms with Crippen molar-refractivity contribution in [2.45, 2.75) is 26.8 Å². The van der Waals surface area contributed by atoms with E-state index in [1.165, 1.54) is 0 Å². The van der Waals surface area contributed by atoms with Gasteiger partial charge in [-0.05, 0) is 29.4 Å². The number of benzene rings is 1. The molecule has 0 bridgehead atoms. The van der Waals surface area contributed by atoms with E-state index >= 15 is 0 Å². The molecule has 0 saturated heterocycles. The van der Waals surface area contributed by atoms with Crippen LogP contribution in [0.15, 0.2) is 35.3 Å². The molecule has 2 atom stereocenters. The zero-order valence-electron chi connectivity index (χ0n) is 14.6. The van der Waals surface area contributed by atoms with Gasteiger partial charge in [0.25, 0.3) is 5.56 Å². The summed E-state index contributed by atoms with van der Waals surface area (Å²) in [5.41, 5.74) is -0.460. The molecule has 0 radical (unpaired) electrons. The third-order valence-corrected chi connectivity index (χ3v) is 5.08. The van der Waals surface area contributed by atoms with Crippen molar-refractivity contribution in [3.05, 3.63) is 46.4 Å². The predicted molar refractivity (Wildman–Crippen MR) is 86.8 cm³/mol. The van der Waals surface area contributed by atoms with E-state index in [9.17, 15) is 19.5 Å². The van der Waals surface area contributed by atoms with Crippen molar-refractivity contribution >= 4 is 22.6 Å². The van der Waals surface area contributed by atoms with Crippen LogP contribution in [0.3, 0.4) is 0 Å². The van der Waals surface area contributed by atoms with E-state index in [0.29, 0.717) is 11.8 Å². The van der Waals surface area contributed by atoms with E-state index in [0.717, 1.165) is 10.9 Å². The van der Waals surface area contributed by atoms with Crippen LogP contribution in [0.2, 0.25) is 0 Å². The molecular formula is C18H19N2NaO4. The van der Waals surface area contributed by atoms with E-state index in [-0.39, 0.29) is 53.5 Å². The molecule has 2 unspecified atom stereocenters. The Labute approximate surface area is 167 Å². The second-order valence-electron chi connectivity index (χ2n) is 6.65. The first-order chi connectivity index (χ1) is 11.4. The quantitative estimate of drug-likeness (QED) is 0.585. The topological polar surface area (TPSA) is 102 Å². The number of amides is 1. The Morgan fingerprint density at radius 1 is 1.32 bits per heavy atom. The summed E-state index contributed by atoms with van der Waals surface area (Å²) in [6.45, 7) is 3.81. The number of hydrogen-bond donors (Lipinski definition) is 2. The van der Waals surface area contributed by atoms with Crippen LogP contribution in [0.25, 0.3) is 10.8 Å². The third kappa shape index (κ3) is 3.38. The molecule has 1 amide bonds. The number of fused-ring (bicyclic) bond motifs is 1. The number of carboxylic acids is 1. The van der Waals surface area contributed by atoms with E-state index in [2.05, 4.69) is 10.3 Å². The second-order valence-corrected chi connectivity index (χ2v) is 6.65. The Morgan fingerprint density at radius 3 is 2.52 bits per heavy atom. The number of hydrogen-bond acceptors (Lipinski definition) is 4. The molecule has 6 nitrogen and oxygen atoms in total. The SMILES string of the molecule is CC(C)C1(C(=O)[O-])CC1C(=O)NCc1c[nH]c(=O)c2ccccc12.[Na+]. The number of aliphatic carboxylic acids is 1. The number of aromatic nitrogens is 1. The average molecular weight is 350 g/mol. The van der Waals surface area contributed by atoms with Gasteiger partial charge in [0.2, 0.25) is 5.91 Å². The van der Waals surface area contributed by atoms with E-state index in [1.54, 1.807) is 32.2 Å². The van der Waals surface area contributed by atoms with Gasteiger partial charge in [0.15, 0.2) is 0 Å². The summed E-state index contributed by atoms with van der Waals surface area (Å²) in [5.74, 6) is -2.17. The molecule has 126 valence electrons. The van der Waals surface area contributed by atoms with Crippen LogP contribution in [0.5, 0.6) is 0 Å². The summed E-state index contributed by atoms with van der Waals surface area (Å²) < 4.78 is 0. The number of nitrogens with one attached hydrogen (secondary N) is 2. The average Bonchev–Trinajstić information content (AvgIpc) is 3.32. The Hall–Kier alpha value is -1.63. The number of rotatable bonds is 5. The normalized spacial score (nSPS) is 21.6. The first kappa shape index (κ1) is 19.7. The second kappa shape index (κ2) is 7.32. The zero-order chi connectivity index (χ0) is 17.5. The molecule has 1 saturated carbocycles. The number of pyridine rings is 1. The van der Waals surface area contributed by atoms with Crippen LogP contribution in [-0.4, -0.2) is 16.9 Å². The molecule has 7 heteroatoms. The molecule has 1 heterocycles. The molecule has 2 aromatic rings. The van der Waals surface area contributed by atoms with Gasteiger partial charge in [0.1, 0.15) is 0 Å². The minimum atomic E-state index is -1.16. The fraction of sp³-hybridized carbons (Fsp3) is 0.389. The molecule has 1 fully saturated rings. The van der Waals surface area contributed by atoms with Crippen molar-refractivity contribution in [3.8, 4) is 0 Å². The number of H-pyrrole nitrogens is 1. The predicted octanol–water partition coefficient (Wildman–Crippen LogP) is -2.44. The van der Waals surface area contributed by atoms with Gasteiger partial charge in [-0.3, -0.25) is 9.59 Å². The van der Waals surface area contributed by atoms with E-state index < -0.39 is 17.3 Å². The van der Waals surface area contributed by atoms with Crippen LogP contribution in [0.1, 0.15) is 25.8 Å². The van der Waals surface area contributed by atoms with E-state index in [4.69, 9.17) is 0 Å². The Morgan fingerprint density at radius 2 is 1.96 bits per heavy atom. The van der Waals surface area contributed by atoms with Gasteiger partial charge in [-0.15, -0.1) is 0 Å². The molecule has 1 aromatic carbocycles. The van der Waals surface area contributed by atoms with Crippen molar-refractivity contribution in [3.63, 3.8) is 0 Å². The summed E-state index contributed by atoms with van der Waals surface area (Å²) in [4.78, 5) is 38.2. The number of aromatic amines is 1. The monoisotopic (exact) mass is 350 g/mol. The van der Waals surface area contributed by atoms with Gasteiger partial charge >= 0.3 is 29.6 Å². The largest absolute Gasteiger partial charge is 1.00 e. The molecule has 1 aliphatic rings. The molecule has 0 spiro atoms. The molecule has 25 heavy (non-hydrogen) atoms. The molecule has 0 aliphatic heterocycles. The number of carboxylic acid groups (broad SMARTS) is 1. The van der Waals surface area contributed by atoms with Gasteiger partial charge < -0.3 is 20.2 Å². The molecule has 2 N–H and O–H groups in total. The maximum absolute atomic E-state index is 12.3. The fourth-order valence-corrected chi connectivity index (χ4v) is 3.43. The molecular weight excluding hydrogens is 331 g/mol. The zero-order valence-corrected chi connectivity index (χ0v) is 16.6. The standard InChI is InChI=1S/C18H20N2O4.Na/c1-10(2)18(17(23)24)7-14(18)16(22)20-9-11-8-19-15(21)13-6-4-3-5-12(11)13;/h3-6,8,10,14H,7,9H2,1-2H3,(H,19,21)(H,20,22)(H,23,24);/q;+1/p-1. The Bertz CT molecular complexity index is 877. The van der Waals surface area contributed by atoms with Crippen molar-refractivity contribution in [1.82, 2.24) is 10.3 Å². The summed E-state index contributed by atoms with van der Waals surface area (Å²) in [6, 6.07) is 7.15. The summed E-state index contributed by atoms with van der Waals surface area (Å²) in [7, 11) is 0. The van der Waals surface area contributed by atoms with Crippen LogP contribution < -0.4 is 45.5 Å². The van der Waals surface area contributed by atoms with E-state index in [1.807, 2.05) is 12.1 Å². The van der Waals surface area contributed by atoms with Crippen LogP contribution in [0.4, 0.5) is 0 Å². The van der Waals surface area contributed by atoms with Gasteiger partial charge in [0, 0.05) is 35.4 Å². The van der Waals surface area contributed by atoms with Gasteiger partial charge in [-0.2, -0.15) is 0 Å². The van der Waals surface area contributed by atoms with Crippen LogP contribution in [-0.2, 0) is 16.1 Å². The fourth-order valence-electron chi connectivity index (χ4n) is 3.43. The first-order valence-electron chi connectivity index (χ1n) is 7.96. The van der Waals surface area contributed by atoms with Gasteiger partial charge in [-0.25, -0.2) is 0 Å². The van der Waals surface area contributed by atoms with Crippen LogP contribution in [0, 0.1) is 17.3 Å². The van der Waals surface area contributed by atoms with Crippen LogP contribution >= 0.6 is 0 Å². The Kier molecular flexibility index (Phi) is 5.76. The van der Waals surface area contributed by atoms with Crippen molar-refractivity contribution in [2.24, 2.45) is 17.3 Å². The van der Waals surface area contributed by atoms with Gasteiger partial charge in [-0.1, -0.05) is 32.0 Å². The molecule has 3 rings (SSSR count). The van der Waals surface area contributed by atoms with Crippen molar-refractivity contribution < 1.29 is 44.3 Å². The first-order valence-corrected chi connectivity index (χ1v) is 7.96. The van der Waals surface area contributed by atoms with Crippen molar-refractivity contribution in [1.29, 1.82) is 0 Å². The number of carbonyl (C=O) groups is 2. The summed E-state index contributed by atoms with van der Waals surface area (Å²) in [5, 5.41) is 15.5. The van der Waals surface area contributed by atoms with Gasteiger partial charge in [0.05, 0.1) is 0 Å². The summed E-state index contributed by atoms with van der Waals surface area (Å²) >= 11 is 0. The molecule has 1 aromatic heterocycles. The third-order valence-electron chi connectivity index (χ3n) is 5.08. The Balaban J connectivity index is 0.00000225. The number of carbonyl (C=O) groups excluding carboxylic acids is 2. The van der Waals surface area contributed by atoms with Crippen molar-refractivity contribution in [2.75, 3.05) is 0 Å². The maximum atomic E-state index is 12.3. The maximum Gasteiger partial charge on any atom is 1.00 e. The minimum absolute atomic E-state index is 0. The summed E-state index contributed by atoms with van der Waals surface area (Å²) in [6.07, 6.45) is 1.89. The minimum Gasteiger partial charge on any atom is -0.550 e.